The lowest BCUT2D eigenvalue weighted by Gasteiger charge is -2.00. The number of ether oxygens (including phenoxy) is 1. The molecule has 0 aliphatic carbocycles. The zero-order valence-electron chi connectivity index (χ0n) is 12.7. The third-order valence-electron chi connectivity index (χ3n) is 3.81. The minimum atomic E-state index is 0.601. The molecule has 3 nitrogen and oxygen atoms in total. The highest BCUT2D eigenvalue weighted by Gasteiger charge is 2.10. The fourth-order valence-corrected chi connectivity index (χ4v) is 2.62. The van der Waals surface area contributed by atoms with Crippen LogP contribution in [0.4, 0.5) is 0 Å². The van der Waals surface area contributed by atoms with Gasteiger partial charge in [0.15, 0.2) is 5.58 Å². The van der Waals surface area contributed by atoms with Crippen LogP contribution in [-0.4, -0.2) is 12.1 Å². The normalized spacial score (nSPS) is 10.8. The topological polar surface area (TPSA) is 35.3 Å². The van der Waals surface area contributed by atoms with Crippen LogP contribution in [0.2, 0.25) is 0 Å². The van der Waals surface area contributed by atoms with Gasteiger partial charge >= 0.3 is 0 Å². The van der Waals surface area contributed by atoms with Gasteiger partial charge in [-0.05, 0) is 41.5 Å². The lowest BCUT2D eigenvalue weighted by atomic mass is 10.1. The molecule has 0 saturated carbocycles. The summed E-state index contributed by atoms with van der Waals surface area (Å²) in [6.07, 6.45) is 0. The van der Waals surface area contributed by atoms with Gasteiger partial charge < -0.3 is 9.15 Å². The smallest absolute Gasteiger partial charge is 0.227 e. The average Bonchev–Trinajstić information content (AvgIpc) is 3.06. The Balaban J connectivity index is 1.79. The summed E-state index contributed by atoms with van der Waals surface area (Å²) in [6, 6.07) is 24.0. The molecule has 0 aliphatic heterocycles. The van der Waals surface area contributed by atoms with Crippen molar-refractivity contribution >= 4 is 11.1 Å². The second-order valence-electron chi connectivity index (χ2n) is 5.30. The third kappa shape index (κ3) is 2.57. The number of aromatic nitrogens is 1. The number of fused-ring (bicyclic) bond motifs is 1. The molecule has 0 amide bonds. The Hall–Kier alpha value is -3.07. The minimum absolute atomic E-state index is 0.601. The van der Waals surface area contributed by atoms with Crippen LogP contribution in [0, 0.1) is 0 Å². The number of benzene rings is 3. The highest BCUT2D eigenvalue weighted by molar-refractivity contribution is 5.82. The van der Waals surface area contributed by atoms with Gasteiger partial charge in [-0.1, -0.05) is 42.5 Å². The first-order valence-corrected chi connectivity index (χ1v) is 7.44. The average molecular weight is 301 g/mol. The number of methoxy groups -OCH3 is 1. The Morgan fingerprint density at radius 2 is 1.61 bits per heavy atom. The Morgan fingerprint density at radius 1 is 0.783 bits per heavy atom. The van der Waals surface area contributed by atoms with E-state index >= 15 is 0 Å². The summed E-state index contributed by atoms with van der Waals surface area (Å²) in [5, 5.41) is 0. The van der Waals surface area contributed by atoms with Gasteiger partial charge in [-0.15, -0.1) is 0 Å². The van der Waals surface area contributed by atoms with E-state index in [1.807, 2.05) is 48.5 Å². The van der Waals surface area contributed by atoms with E-state index in [1.165, 1.54) is 5.56 Å². The second-order valence-corrected chi connectivity index (χ2v) is 5.30. The molecule has 4 aromatic rings. The molecule has 112 valence electrons. The van der Waals surface area contributed by atoms with Gasteiger partial charge in [-0.25, -0.2) is 4.98 Å². The molecule has 0 N–H and O–H groups in total. The van der Waals surface area contributed by atoms with E-state index in [9.17, 15) is 0 Å². The van der Waals surface area contributed by atoms with Crippen molar-refractivity contribution in [3.05, 3.63) is 72.8 Å². The maximum absolute atomic E-state index is 5.88. The number of hydrogen-bond acceptors (Lipinski definition) is 3. The molecule has 1 aromatic heterocycles. The van der Waals surface area contributed by atoms with Gasteiger partial charge in [0.25, 0.3) is 0 Å². The van der Waals surface area contributed by atoms with Crippen LogP contribution < -0.4 is 4.74 Å². The van der Waals surface area contributed by atoms with Crippen LogP contribution in [-0.2, 0) is 0 Å². The van der Waals surface area contributed by atoms with Crippen molar-refractivity contribution in [2.45, 2.75) is 0 Å². The first kappa shape index (κ1) is 13.6. The van der Waals surface area contributed by atoms with Crippen LogP contribution in [0.3, 0.4) is 0 Å². The van der Waals surface area contributed by atoms with Crippen molar-refractivity contribution in [3.8, 4) is 28.3 Å². The fraction of sp³-hybridized carbons (Fsp3) is 0.0500. The summed E-state index contributed by atoms with van der Waals surface area (Å²) in [4.78, 5) is 4.62. The quantitative estimate of drug-likeness (QED) is 0.523. The molecular weight excluding hydrogens is 286 g/mol. The number of hydrogen-bond donors (Lipinski definition) is 0. The molecular formula is C20H15NO2. The molecule has 23 heavy (non-hydrogen) atoms. The summed E-state index contributed by atoms with van der Waals surface area (Å²) in [6.45, 7) is 0. The van der Waals surface area contributed by atoms with E-state index in [0.717, 1.165) is 28.0 Å². The summed E-state index contributed by atoms with van der Waals surface area (Å²) in [7, 11) is 1.65. The van der Waals surface area contributed by atoms with E-state index in [2.05, 4.69) is 29.2 Å². The lowest BCUT2D eigenvalue weighted by Crippen LogP contribution is -1.83. The Bertz CT molecular complexity index is 958. The fourth-order valence-electron chi connectivity index (χ4n) is 2.62. The summed E-state index contributed by atoms with van der Waals surface area (Å²) >= 11 is 0. The van der Waals surface area contributed by atoms with Gasteiger partial charge in [0.2, 0.25) is 5.89 Å². The van der Waals surface area contributed by atoms with Gasteiger partial charge in [-0.2, -0.15) is 0 Å². The van der Waals surface area contributed by atoms with Gasteiger partial charge in [-0.3, -0.25) is 0 Å². The first-order chi connectivity index (χ1) is 11.3. The van der Waals surface area contributed by atoms with Crippen LogP contribution in [0.15, 0.2) is 77.2 Å². The number of oxazole rings is 1. The molecule has 4 rings (SSSR count). The van der Waals surface area contributed by atoms with Gasteiger partial charge in [0, 0.05) is 5.56 Å². The zero-order valence-corrected chi connectivity index (χ0v) is 12.7. The van der Waals surface area contributed by atoms with E-state index in [4.69, 9.17) is 9.15 Å². The van der Waals surface area contributed by atoms with Crippen molar-refractivity contribution < 1.29 is 9.15 Å². The predicted molar refractivity (Wildman–Crippen MR) is 91.4 cm³/mol. The Labute approximate surface area is 134 Å². The highest BCUT2D eigenvalue weighted by atomic mass is 16.5. The monoisotopic (exact) mass is 301 g/mol. The summed E-state index contributed by atoms with van der Waals surface area (Å²) in [5.41, 5.74) is 4.83. The molecule has 3 heteroatoms. The molecule has 0 spiro atoms. The van der Waals surface area contributed by atoms with Crippen molar-refractivity contribution in [1.29, 1.82) is 0 Å². The zero-order chi connectivity index (χ0) is 15.6. The Morgan fingerprint density at radius 3 is 2.43 bits per heavy atom. The molecule has 0 fully saturated rings. The van der Waals surface area contributed by atoms with Gasteiger partial charge in [0.05, 0.1) is 7.11 Å². The van der Waals surface area contributed by atoms with Crippen LogP contribution in [0.5, 0.6) is 5.75 Å². The summed E-state index contributed by atoms with van der Waals surface area (Å²) in [5.74, 6) is 1.39. The summed E-state index contributed by atoms with van der Waals surface area (Å²) < 4.78 is 11.1. The molecule has 0 atom stereocenters. The number of rotatable bonds is 3. The minimum Gasteiger partial charge on any atom is -0.497 e. The van der Waals surface area contributed by atoms with Crippen LogP contribution in [0.25, 0.3) is 33.7 Å². The second kappa shape index (κ2) is 5.61. The third-order valence-corrected chi connectivity index (χ3v) is 3.81. The SMILES string of the molecule is COc1cccc(-c2nc3cc(-c4ccccc4)ccc3o2)c1. The standard InChI is InChI=1S/C20H15NO2/c1-22-17-9-5-8-16(12-17)20-21-18-13-15(10-11-19(18)23-20)14-6-3-2-4-7-14/h2-13H,1H3. The molecule has 3 aromatic carbocycles. The van der Waals surface area contributed by atoms with Crippen molar-refractivity contribution in [2.75, 3.05) is 7.11 Å². The molecule has 0 bridgehead atoms. The van der Waals surface area contributed by atoms with Crippen molar-refractivity contribution in [3.63, 3.8) is 0 Å². The van der Waals surface area contributed by atoms with E-state index in [1.54, 1.807) is 7.11 Å². The Kier molecular flexibility index (Phi) is 3.31. The largest absolute Gasteiger partial charge is 0.497 e. The molecule has 0 radical (unpaired) electrons. The van der Waals surface area contributed by atoms with Crippen LogP contribution >= 0.6 is 0 Å². The maximum atomic E-state index is 5.88. The van der Waals surface area contributed by atoms with E-state index in [-0.39, 0.29) is 0 Å². The van der Waals surface area contributed by atoms with Crippen molar-refractivity contribution in [2.24, 2.45) is 0 Å². The van der Waals surface area contributed by atoms with Gasteiger partial charge in [0.1, 0.15) is 11.3 Å². The molecule has 0 unspecified atom stereocenters. The maximum Gasteiger partial charge on any atom is 0.227 e. The molecule has 1 heterocycles. The molecule has 0 saturated heterocycles. The lowest BCUT2D eigenvalue weighted by molar-refractivity contribution is 0.415. The van der Waals surface area contributed by atoms with Crippen LogP contribution in [0.1, 0.15) is 0 Å². The predicted octanol–water partition coefficient (Wildman–Crippen LogP) is 5.17. The van der Waals surface area contributed by atoms with Crippen molar-refractivity contribution in [1.82, 2.24) is 4.98 Å². The molecule has 0 aliphatic rings. The van der Waals surface area contributed by atoms with E-state index in [0.29, 0.717) is 5.89 Å². The number of nitrogens with zero attached hydrogens (tertiary/aromatic N) is 1. The first-order valence-electron chi connectivity index (χ1n) is 7.44. The van der Waals surface area contributed by atoms with E-state index < -0.39 is 0 Å². The highest BCUT2D eigenvalue weighted by Crippen LogP contribution is 2.29.